The van der Waals surface area contributed by atoms with Crippen LogP contribution in [0.15, 0.2) is 37.2 Å². The standard InChI is InChI=1S/C14H19N3O2/c1-2-8-19-11-14(18)17-7-6-16-10-13(17)12-4-3-5-15-9-12/h2-5,9,13,16H,1,6-8,10-11H2. The van der Waals surface area contributed by atoms with Crippen molar-refractivity contribution >= 4 is 5.91 Å². The molecule has 1 aromatic rings. The molecule has 5 heteroatoms. The Morgan fingerprint density at radius 2 is 2.58 bits per heavy atom. The van der Waals surface area contributed by atoms with Gasteiger partial charge in [0.15, 0.2) is 0 Å². The lowest BCUT2D eigenvalue weighted by molar-refractivity contribution is -0.139. The van der Waals surface area contributed by atoms with E-state index in [1.54, 1.807) is 12.3 Å². The molecule has 19 heavy (non-hydrogen) atoms. The van der Waals surface area contributed by atoms with Crippen molar-refractivity contribution in [3.05, 3.63) is 42.7 Å². The average molecular weight is 261 g/mol. The van der Waals surface area contributed by atoms with E-state index in [4.69, 9.17) is 4.74 Å². The second-order valence-electron chi connectivity index (χ2n) is 4.40. The smallest absolute Gasteiger partial charge is 0.249 e. The van der Waals surface area contributed by atoms with E-state index >= 15 is 0 Å². The topological polar surface area (TPSA) is 54.5 Å². The molecule has 1 fully saturated rings. The Labute approximate surface area is 113 Å². The zero-order chi connectivity index (χ0) is 13.5. The Hall–Kier alpha value is -1.72. The number of pyridine rings is 1. The van der Waals surface area contributed by atoms with Gasteiger partial charge in [-0.25, -0.2) is 0 Å². The molecule has 1 aliphatic heterocycles. The van der Waals surface area contributed by atoms with Crippen LogP contribution < -0.4 is 5.32 Å². The molecule has 2 rings (SSSR count). The molecule has 1 aromatic heterocycles. The van der Waals surface area contributed by atoms with Gasteiger partial charge < -0.3 is 15.0 Å². The summed E-state index contributed by atoms with van der Waals surface area (Å²) >= 11 is 0. The summed E-state index contributed by atoms with van der Waals surface area (Å²) in [6.07, 6.45) is 5.19. The molecule has 5 nitrogen and oxygen atoms in total. The Morgan fingerprint density at radius 1 is 1.68 bits per heavy atom. The Morgan fingerprint density at radius 3 is 3.32 bits per heavy atom. The van der Waals surface area contributed by atoms with Crippen LogP contribution in [0.25, 0.3) is 0 Å². The van der Waals surface area contributed by atoms with Crippen molar-refractivity contribution in [1.82, 2.24) is 15.2 Å². The molecule has 0 radical (unpaired) electrons. The van der Waals surface area contributed by atoms with Crippen LogP contribution in [0.3, 0.4) is 0 Å². The summed E-state index contributed by atoms with van der Waals surface area (Å²) in [6, 6.07) is 3.92. The molecule has 1 N–H and O–H groups in total. The Bertz CT molecular complexity index is 422. The number of amides is 1. The molecule has 0 bridgehead atoms. The van der Waals surface area contributed by atoms with Gasteiger partial charge in [-0.2, -0.15) is 0 Å². The molecule has 2 heterocycles. The van der Waals surface area contributed by atoms with Crippen LogP contribution in [0.2, 0.25) is 0 Å². The first kappa shape index (κ1) is 13.7. The van der Waals surface area contributed by atoms with Crippen LogP contribution in [0, 0.1) is 0 Å². The van der Waals surface area contributed by atoms with Gasteiger partial charge in [0.05, 0.1) is 12.6 Å². The lowest BCUT2D eigenvalue weighted by Gasteiger charge is -2.36. The van der Waals surface area contributed by atoms with Crippen LogP contribution in [-0.4, -0.2) is 48.6 Å². The van der Waals surface area contributed by atoms with Gasteiger partial charge in [0.1, 0.15) is 6.61 Å². The molecule has 1 unspecified atom stereocenters. The number of nitrogens with one attached hydrogen (secondary N) is 1. The summed E-state index contributed by atoms with van der Waals surface area (Å²) in [7, 11) is 0. The summed E-state index contributed by atoms with van der Waals surface area (Å²) < 4.78 is 5.24. The maximum atomic E-state index is 12.2. The van der Waals surface area contributed by atoms with Crippen molar-refractivity contribution in [3.63, 3.8) is 0 Å². The van der Waals surface area contributed by atoms with Crippen LogP contribution in [0.5, 0.6) is 0 Å². The molecule has 0 spiro atoms. The molecule has 0 aromatic carbocycles. The van der Waals surface area contributed by atoms with E-state index in [1.807, 2.05) is 23.2 Å². The highest BCUT2D eigenvalue weighted by Crippen LogP contribution is 2.21. The van der Waals surface area contributed by atoms with E-state index < -0.39 is 0 Å². The van der Waals surface area contributed by atoms with E-state index in [0.717, 1.165) is 18.7 Å². The van der Waals surface area contributed by atoms with E-state index in [0.29, 0.717) is 13.2 Å². The lowest BCUT2D eigenvalue weighted by atomic mass is 10.1. The maximum absolute atomic E-state index is 12.2. The number of carbonyl (C=O) groups excluding carboxylic acids is 1. The Kier molecular flexibility index (Phi) is 5.06. The summed E-state index contributed by atoms with van der Waals surface area (Å²) in [5.41, 5.74) is 1.05. The lowest BCUT2D eigenvalue weighted by Crippen LogP contribution is -2.49. The summed E-state index contributed by atoms with van der Waals surface area (Å²) in [5, 5.41) is 3.31. The fourth-order valence-electron chi connectivity index (χ4n) is 2.19. The zero-order valence-electron chi connectivity index (χ0n) is 10.9. The summed E-state index contributed by atoms with van der Waals surface area (Å²) in [4.78, 5) is 18.2. The third kappa shape index (κ3) is 3.62. The first-order chi connectivity index (χ1) is 9.33. The van der Waals surface area contributed by atoms with Crippen molar-refractivity contribution in [2.24, 2.45) is 0 Å². The van der Waals surface area contributed by atoms with E-state index in [9.17, 15) is 4.79 Å². The van der Waals surface area contributed by atoms with Crippen molar-refractivity contribution < 1.29 is 9.53 Å². The number of aromatic nitrogens is 1. The van der Waals surface area contributed by atoms with E-state index in [1.165, 1.54) is 0 Å². The molecule has 0 saturated carbocycles. The summed E-state index contributed by atoms with van der Waals surface area (Å²) in [5.74, 6) is 0.0113. The van der Waals surface area contributed by atoms with Gasteiger partial charge in [0, 0.05) is 32.0 Å². The van der Waals surface area contributed by atoms with Gasteiger partial charge in [-0.15, -0.1) is 6.58 Å². The highest BCUT2D eigenvalue weighted by Gasteiger charge is 2.27. The maximum Gasteiger partial charge on any atom is 0.249 e. The first-order valence-electron chi connectivity index (χ1n) is 6.41. The van der Waals surface area contributed by atoms with Gasteiger partial charge in [-0.05, 0) is 11.6 Å². The quantitative estimate of drug-likeness (QED) is 0.628. The minimum absolute atomic E-state index is 0.0113. The van der Waals surface area contributed by atoms with Crippen LogP contribution in [0.4, 0.5) is 0 Å². The molecule has 102 valence electrons. The Balaban J connectivity index is 2.03. The third-order valence-electron chi connectivity index (χ3n) is 3.09. The zero-order valence-corrected chi connectivity index (χ0v) is 10.9. The monoisotopic (exact) mass is 261 g/mol. The summed E-state index contributed by atoms with van der Waals surface area (Å²) in [6.45, 7) is 6.31. The molecular weight excluding hydrogens is 242 g/mol. The van der Waals surface area contributed by atoms with Gasteiger partial charge in [-0.3, -0.25) is 9.78 Å². The van der Waals surface area contributed by atoms with Gasteiger partial charge in [0.2, 0.25) is 5.91 Å². The van der Waals surface area contributed by atoms with Crippen molar-refractivity contribution in [2.45, 2.75) is 6.04 Å². The van der Waals surface area contributed by atoms with E-state index in [-0.39, 0.29) is 18.6 Å². The normalized spacial score (nSPS) is 19.2. The second kappa shape index (κ2) is 7.01. The average Bonchev–Trinajstić information content (AvgIpc) is 2.48. The highest BCUT2D eigenvalue weighted by atomic mass is 16.5. The fraction of sp³-hybridized carbons (Fsp3) is 0.429. The minimum atomic E-state index is 0.0113. The van der Waals surface area contributed by atoms with Crippen molar-refractivity contribution in [3.8, 4) is 0 Å². The third-order valence-corrected chi connectivity index (χ3v) is 3.09. The largest absolute Gasteiger partial charge is 0.368 e. The fourth-order valence-corrected chi connectivity index (χ4v) is 2.19. The molecule has 1 atom stereocenters. The van der Waals surface area contributed by atoms with Gasteiger partial charge >= 0.3 is 0 Å². The van der Waals surface area contributed by atoms with Gasteiger partial charge in [0.25, 0.3) is 0 Å². The minimum Gasteiger partial charge on any atom is -0.368 e. The number of nitrogens with zero attached hydrogens (tertiary/aromatic N) is 2. The van der Waals surface area contributed by atoms with E-state index in [2.05, 4.69) is 16.9 Å². The molecule has 1 saturated heterocycles. The predicted molar refractivity (Wildman–Crippen MR) is 72.6 cm³/mol. The highest BCUT2D eigenvalue weighted by molar-refractivity contribution is 5.78. The number of hydrogen-bond donors (Lipinski definition) is 1. The van der Waals surface area contributed by atoms with Crippen molar-refractivity contribution in [1.29, 1.82) is 0 Å². The number of rotatable bonds is 5. The number of carbonyl (C=O) groups is 1. The van der Waals surface area contributed by atoms with Crippen LogP contribution in [-0.2, 0) is 9.53 Å². The molecular formula is C14H19N3O2. The van der Waals surface area contributed by atoms with Crippen LogP contribution >= 0.6 is 0 Å². The predicted octanol–water partition coefficient (Wildman–Crippen LogP) is 0.757. The number of hydrogen-bond acceptors (Lipinski definition) is 4. The molecule has 1 aliphatic rings. The van der Waals surface area contributed by atoms with Crippen LogP contribution in [0.1, 0.15) is 11.6 Å². The van der Waals surface area contributed by atoms with Crippen molar-refractivity contribution in [2.75, 3.05) is 32.8 Å². The second-order valence-corrected chi connectivity index (χ2v) is 4.40. The molecule has 1 amide bonds. The number of piperazine rings is 1. The number of ether oxygens (including phenoxy) is 1. The molecule has 0 aliphatic carbocycles. The van der Waals surface area contributed by atoms with Gasteiger partial charge in [-0.1, -0.05) is 12.1 Å². The SMILES string of the molecule is C=CCOCC(=O)N1CCNCC1c1cccnc1. The first-order valence-corrected chi connectivity index (χ1v) is 6.41.